The first-order valence-electron chi connectivity index (χ1n) is 13.9. The summed E-state index contributed by atoms with van der Waals surface area (Å²) in [6.07, 6.45) is 2.28. The molecule has 2 fully saturated rings. The Morgan fingerprint density at radius 2 is 1.93 bits per heavy atom. The van der Waals surface area contributed by atoms with Crippen LogP contribution in [0, 0.1) is 17.3 Å². The van der Waals surface area contributed by atoms with Gasteiger partial charge in [0.1, 0.15) is 17.7 Å². The molecule has 224 valence electrons. The van der Waals surface area contributed by atoms with Crippen LogP contribution in [0.3, 0.4) is 0 Å². The van der Waals surface area contributed by atoms with E-state index in [0.717, 1.165) is 30.4 Å². The second-order valence-corrected chi connectivity index (χ2v) is 11.7. The molecule has 1 aromatic heterocycles. The quantitative estimate of drug-likeness (QED) is 0.399. The third kappa shape index (κ3) is 5.17. The lowest BCUT2D eigenvalue weighted by Crippen LogP contribution is -2.56. The van der Waals surface area contributed by atoms with Crippen molar-refractivity contribution in [2.75, 3.05) is 31.6 Å². The van der Waals surface area contributed by atoms with Gasteiger partial charge in [0.25, 0.3) is 11.7 Å². The Morgan fingerprint density at radius 3 is 2.60 bits per heavy atom. The highest BCUT2D eigenvalue weighted by Crippen LogP contribution is 2.41. The average molecular weight is 595 g/mol. The summed E-state index contributed by atoms with van der Waals surface area (Å²) in [6.45, 7) is 6.09. The second-order valence-electron chi connectivity index (χ2n) is 11.7. The first-order valence-corrected chi connectivity index (χ1v) is 13.9. The summed E-state index contributed by atoms with van der Waals surface area (Å²) in [5.41, 5.74) is 0.938. The van der Waals surface area contributed by atoms with Gasteiger partial charge in [0.2, 0.25) is 11.6 Å². The van der Waals surface area contributed by atoms with Gasteiger partial charge < -0.3 is 15.0 Å². The van der Waals surface area contributed by atoms with Crippen molar-refractivity contribution in [2.45, 2.75) is 26.4 Å². The molecule has 4 aliphatic heterocycles. The minimum absolute atomic E-state index is 0.0705. The number of halogens is 3. The average Bonchev–Trinajstić information content (AvgIpc) is 3.28. The maximum absolute atomic E-state index is 13.3. The third-order valence-corrected chi connectivity index (χ3v) is 8.51. The molecule has 1 unspecified atom stereocenters. The Kier molecular flexibility index (Phi) is 7.06. The summed E-state index contributed by atoms with van der Waals surface area (Å²) in [5.74, 6) is 6.88. The van der Waals surface area contributed by atoms with Gasteiger partial charge in [0.05, 0.1) is 42.2 Å². The number of amides is 2. The standard InChI is InChI=1S/C30H30F3N7O3/c1-18-8-11-39(28(42)29(2)16-43-17-29)15-22(18)25-23-14-35-10-12-40(23,34)26(38-25)19-3-5-20(6-4-19)27(41)37-24-13-21(7-9-36-24)30(31,32)33/h3-7,9-10,12-14,18,22H,8,11,15-17,34H2,1-2H3/p+1/t18-,22+,40?/m1/s1. The number of nitrogens with one attached hydrogen (secondary N) is 1. The maximum Gasteiger partial charge on any atom is 0.416 e. The number of aromatic nitrogens is 1. The number of benzene rings is 1. The molecule has 4 aliphatic rings. The molecule has 1 aromatic carbocycles. The van der Waals surface area contributed by atoms with E-state index in [2.05, 4.69) is 22.2 Å². The van der Waals surface area contributed by atoms with Crippen molar-refractivity contribution in [2.24, 2.45) is 33.1 Å². The summed E-state index contributed by atoms with van der Waals surface area (Å²) >= 11 is 0. The van der Waals surface area contributed by atoms with E-state index < -0.39 is 23.1 Å². The number of rotatable bonds is 5. The molecule has 0 radical (unpaired) electrons. The van der Waals surface area contributed by atoms with Crippen molar-refractivity contribution >= 4 is 29.7 Å². The number of alkyl halides is 3. The lowest BCUT2D eigenvalue weighted by atomic mass is 9.81. The SMILES string of the molecule is C[C@@H]1CCN(C(=O)C2(C)COC2)C[C@@H]1C1=C2C=NC=C[N+]2(N)C(c2ccc(C(=O)Nc3cc(C(F)(F)F)ccn3)cc2)=N1. The van der Waals surface area contributed by atoms with Gasteiger partial charge in [-0.15, -0.1) is 4.59 Å². The number of quaternary nitrogens is 1. The number of nitrogens with zero attached hydrogens (tertiary/aromatic N) is 5. The van der Waals surface area contributed by atoms with Gasteiger partial charge in [-0.05, 0) is 55.7 Å². The van der Waals surface area contributed by atoms with Crippen molar-refractivity contribution in [3.8, 4) is 0 Å². The predicted molar refractivity (Wildman–Crippen MR) is 152 cm³/mol. The number of ether oxygens (including phenoxy) is 1. The van der Waals surface area contributed by atoms with Crippen molar-refractivity contribution in [1.82, 2.24) is 9.88 Å². The van der Waals surface area contributed by atoms with E-state index in [1.165, 1.54) is 0 Å². The van der Waals surface area contributed by atoms with Crippen LogP contribution < -0.4 is 11.2 Å². The van der Waals surface area contributed by atoms with Crippen LogP contribution in [0.1, 0.15) is 41.8 Å². The molecular weight excluding hydrogens is 563 g/mol. The number of likely N-dealkylation sites (tertiary alicyclic amines) is 1. The number of carbonyl (C=O) groups excluding carboxylic acids is 2. The number of fused-ring (bicyclic) bond motifs is 1. The number of hydrogen-bond acceptors (Lipinski definition) is 7. The number of anilines is 1. The number of amidine groups is 1. The van der Waals surface area contributed by atoms with Crippen LogP contribution in [0.4, 0.5) is 19.0 Å². The number of nitrogens with two attached hydrogens (primary N) is 1. The summed E-state index contributed by atoms with van der Waals surface area (Å²) in [5, 5.41) is 2.41. The smallest absolute Gasteiger partial charge is 0.379 e. The topological polar surface area (TPSA) is 122 Å². The van der Waals surface area contributed by atoms with Crippen LogP contribution in [-0.4, -0.2) is 64.6 Å². The zero-order valence-corrected chi connectivity index (χ0v) is 23.6. The molecule has 43 heavy (non-hydrogen) atoms. The Balaban J connectivity index is 1.25. The van der Waals surface area contributed by atoms with Gasteiger partial charge in [-0.3, -0.25) is 14.6 Å². The number of aliphatic imine (C=N–C) groups is 2. The van der Waals surface area contributed by atoms with Crippen LogP contribution in [0.5, 0.6) is 0 Å². The lowest BCUT2D eigenvalue weighted by molar-refractivity contribution is -0.750. The van der Waals surface area contributed by atoms with Crippen LogP contribution in [0.2, 0.25) is 0 Å². The molecule has 2 amide bonds. The van der Waals surface area contributed by atoms with Crippen LogP contribution >= 0.6 is 0 Å². The van der Waals surface area contributed by atoms with Crippen molar-refractivity contribution < 1.29 is 32.1 Å². The lowest BCUT2D eigenvalue weighted by Gasteiger charge is -2.44. The molecule has 0 bridgehead atoms. The molecule has 2 aromatic rings. The van der Waals surface area contributed by atoms with Crippen molar-refractivity contribution in [1.29, 1.82) is 0 Å². The minimum atomic E-state index is -4.56. The monoisotopic (exact) mass is 594 g/mol. The summed E-state index contributed by atoms with van der Waals surface area (Å²) in [4.78, 5) is 41.2. The Morgan fingerprint density at radius 1 is 1.19 bits per heavy atom. The Labute approximate surface area is 246 Å². The third-order valence-electron chi connectivity index (χ3n) is 8.51. The van der Waals surface area contributed by atoms with Gasteiger partial charge in [-0.25, -0.2) is 4.98 Å². The molecule has 6 rings (SSSR count). The van der Waals surface area contributed by atoms with E-state index >= 15 is 0 Å². The Bertz CT molecular complexity index is 1590. The molecule has 0 aliphatic carbocycles. The molecule has 0 spiro atoms. The molecule has 3 atom stereocenters. The maximum atomic E-state index is 13.3. The predicted octanol–water partition coefficient (Wildman–Crippen LogP) is 4.09. The fraction of sp³-hybridized carbons (Fsp3) is 0.367. The van der Waals surface area contributed by atoms with Crippen LogP contribution in [0.25, 0.3) is 0 Å². The normalized spacial score (nSPS) is 26.1. The van der Waals surface area contributed by atoms with Crippen molar-refractivity contribution in [3.05, 3.63) is 83.1 Å². The van der Waals surface area contributed by atoms with E-state index in [9.17, 15) is 22.8 Å². The fourth-order valence-corrected chi connectivity index (χ4v) is 5.84. The Hall–Kier alpha value is -4.20. The van der Waals surface area contributed by atoms with Gasteiger partial charge in [0.15, 0.2) is 0 Å². The summed E-state index contributed by atoms with van der Waals surface area (Å²) in [6, 6.07) is 8.11. The van der Waals surface area contributed by atoms with Gasteiger partial charge >= 0.3 is 6.18 Å². The molecule has 10 nitrogen and oxygen atoms in total. The zero-order valence-electron chi connectivity index (χ0n) is 23.6. The highest BCUT2D eigenvalue weighted by Gasteiger charge is 2.50. The highest BCUT2D eigenvalue weighted by molar-refractivity contribution is 6.05. The van der Waals surface area contributed by atoms with Gasteiger partial charge in [-0.1, -0.05) is 6.92 Å². The minimum Gasteiger partial charge on any atom is -0.379 e. The number of piperidine rings is 1. The number of carbonyl (C=O) groups is 2. The zero-order chi connectivity index (χ0) is 30.6. The summed E-state index contributed by atoms with van der Waals surface area (Å²) in [7, 11) is 0. The fourth-order valence-electron chi connectivity index (χ4n) is 5.84. The number of allylic oxidation sites excluding steroid dienone is 1. The molecule has 0 saturated carbocycles. The van der Waals surface area contributed by atoms with E-state index in [0.29, 0.717) is 43.4 Å². The van der Waals surface area contributed by atoms with E-state index in [1.807, 2.05) is 11.8 Å². The highest BCUT2D eigenvalue weighted by atomic mass is 19.4. The van der Waals surface area contributed by atoms with Crippen molar-refractivity contribution in [3.63, 3.8) is 0 Å². The van der Waals surface area contributed by atoms with E-state index in [-0.39, 0.29) is 33.7 Å². The first-order chi connectivity index (χ1) is 20.4. The molecule has 2 saturated heterocycles. The van der Waals surface area contributed by atoms with Crippen LogP contribution in [0.15, 0.2) is 76.4 Å². The van der Waals surface area contributed by atoms with Gasteiger partial charge in [-0.2, -0.15) is 24.0 Å². The number of pyridine rings is 1. The first kappa shape index (κ1) is 28.9. The van der Waals surface area contributed by atoms with E-state index in [1.54, 1.807) is 42.9 Å². The summed E-state index contributed by atoms with van der Waals surface area (Å²) < 4.78 is 44.3. The molecule has 13 heteroatoms. The molecule has 3 N–H and O–H groups in total. The second kappa shape index (κ2) is 10.5. The van der Waals surface area contributed by atoms with Gasteiger partial charge in [0, 0.05) is 30.8 Å². The molecular formula is C30H31F3N7O3+. The van der Waals surface area contributed by atoms with E-state index in [4.69, 9.17) is 15.6 Å². The molecule has 5 heterocycles. The van der Waals surface area contributed by atoms with Crippen LogP contribution in [-0.2, 0) is 15.7 Å². The largest absolute Gasteiger partial charge is 0.416 e. The number of hydrogen-bond donors (Lipinski definition) is 2.